The monoisotopic (exact) mass is 312 g/mol. The van der Waals surface area contributed by atoms with Crippen LogP contribution in [0.5, 0.6) is 17.5 Å². The van der Waals surface area contributed by atoms with Crippen LogP contribution in [-0.2, 0) is 0 Å². The van der Waals surface area contributed by atoms with Gasteiger partial charge in [0.1, 0.15) is 10.8 Å². The van der Waals surface area contributed by atoms with Crippen molar-refractivity contribution in [2.45, 2.75) is 0 Å². The van der Waals surface area contributed by atoms with Gasteiger partial charge in [0.15, 0.2) is 0 Å². The maximum absolute atomic E-state index is 9.49. The van der Waals surface area contributed by atoms with Crippen LogP contribution in [0.15, 0.2) is 48.7 Å². The fraction of sp³-hybridized carbons (Fsp3) is 0. The molecule has 1 aromatic carbocycles. The lowest BCUT2D eigenvalue weighted by molar-refractivity contribution is 0.459. The highest BCUT2D eigenvalue weighted by atomic mass is 32.1. The molecule has 0 saturated carbocycles. The van der Waals surface area contributed by atoms with Gasteiger partial charge in [-0.25, -0.2) is 4.98 Å². The van der Waals surface area contributed by atoms with E-state index in [9.17, 15) is 5.11 Å². The number of para-hydroxylation sites is 1. The topological polar surface area (TPSA) is 91.1 Å². The minimum Gasteiger partial charge on any atom is -0.492 e. The van der Waals surface area contributed by atoms with Gasteiger partial charge in [-0.05, 0) is 29.7 Å². The van der Waals surface area contributed by atoms with Crippen LogP contribution in [0.2, 0.25) is 0 Å². The SMILES string of the molecule is N=Cc1c(O)nsc1Nc1ccc(Oc2ccccc2)nc1. The minimum absolute atomic E-state index is 0.153. The highest BCUT2D eigenvalue weighted by Gasteiger charge is 2.11. The summed E-state index contributed by atoms with van der Waals surface area (Å²) in [5.41, 5.74) is 1.07. The maximum Gasteiger partial charge on any atom is 0.233 e. The molecule has 6 nitrogen and oxygen atoms in total. The third kappa shape index (κ3) is 3.04. The fourth-order valence-corrected chi connectivity index (χ4v) is 2.45. The number of aromatic hydroxyl groups is 1. The van der Waals surface area contributed by atoms with Crippen molar-refractivity contribution >= 4 is 28.4 Å². The Hall–Kier alpha value is -2.93. The van der Waals surface area contributed by atoms with E-state index in [-0.39, 0.29) is 5.88 Å². The molecule has 0 fully saturated rings. The Kier molecular flexibility index (Phi) is 3.97. The quantitative estimate of drug-likeness (QED) is 0.624. The third-order valence-corrected chi connectivity index (χ3v) is 3.58. The number of anilines is 2. The zero-order valence-corrected chi connectivity index (χ0v) is 12.2. The van der Waals surface area contributed by atoms with Crippen molar-refractivity contribution in [3.8, 4) is 17.5 Å². The summed E-state index contributed by atoms with van der Waals surface area (Å²) in [6, 6.07) is 12.9. The van der Waals surface area contributed by atoms with E-state index in [0.717, 1.165) is 17.7 Å². The molecule has 3 N–H and O–H groups in total. The van der Waals surface area contributed by atoms with Crippen LogP contribution in [0.4, 0.5) is 10.7 Å². The summed E-state index contributed by atoms with van der Waals surface area (Å²) in [7, 11) is 0. The summed E-state index contributed by atoms with van der Waals surface area (Å²) in [5, 5.41) is 20.4. The second-order valence-corrected chi connectivity index (χ2v) is 5.09. The molecule has 2 aromatic heterocycles. The zero-order valence-electron chi connectivity index (χ0n) is 11.4. The summed E-state index contributed by atoms with van der Waals surface area (Å²) in [6.45, 7) is 0. The van der Waals surface area contributed by atoms with E-state index in [2.05, 4.69) is 14.7 Å². The van der Waals surface area contributed by atoms with Gasteiger partial charge in [-0.15, -0.1) is 0 Å². The number of aromatic nitrogens is 2. The van der Waals surface area contributed by atoms with Crippen LogP contribution >= 0.6 is 11.5 Å². The Morgan fingerprint density at radius 3 is 2.68 bits per heavy atom. The molecule has 0 aliphatic carbocycles. The first-order valence-electron chi connectivity index (χ1n) is 6.41. The number of rotatable bonds is 5. The molecule has 0 bridgehead atoms. The van der Waals surface area contributed by atoms with Crippen LogP contribution in [0, 0.1) is 5.41 Å². The molecule has 0 saturated heterocycles. The smallest absolute Gasteiger partial charge is 0.233 e. The lowest BCUT2D eigenvalue weighted by Gasteiger charge is -2.06. The first kappa shape index (κ1) is 14.0. The van der Waals surface area contributed by atoms with E-state index in [4.69, 9.17) is 10.1 Å². The Morgan fingerprint density at radius 2 is 2.00 bits per heavy atom. The average molecular weight is 312 g/mol. The summed E-state index contributed by atoms with van der Waals surface area (Å²) >= 11 is 1.08. The number of hydrogen-bond acceptors (Lipinski definition) is 7. The van der Waals surface area contributed by atoms with Crippen LogP contribution in [0.25, 0.3) is 0 Å². The van der Waals surface area contributed by atoms with Crippen molar-refractivity contribution in [3.05, 3.63) is 54.2 Å². The van der Waals surface area contributed by atoms with Gasteiger partial charge in [0, 0.05) is 12.3 Å². The summed E-state index contributed by atoms with van der Waals surface area (Å²) in [5.74, 6) is 1.05. The maximum atomic E-state index is 9.49. The number of pyridine rings is 1. The van der Waals surface area contributed by atoms with Crippen LogP contribution < -0.4 is 10.1 Å². The second kappa shape index (κ2) is 6.23. The normalized spacial score (nSPS) is 10.2. The van der Waals surface area contributed by atoms with E-state index < -0.39 is 0 Å². The molecule has 0 aliphatic rings. The van der Waals surface area contributed by atoms with Crippen molar-refractivity contribution < 1.29 is 9.84 Å². The molecule has 22 heavy (non-hydrogen) atoms. The van der Waals surface area contributed by atoms with E-state index in [1.807, 2.05) is 30.3 Å². The average Bonchev–Trinajstić information content (AvgIpc) is 2.90. The largest absolute Gasteiger partial charge is 0.492 e. The predicted molar refractivity (Wildman–Crippen MR) is 85.7 cm³/mol. The van der Waals surface area contributed by atoms with E-state index in [0.29, 0.717) is 27.9 Å². The van der Waals surface area contributed by atoms with Gasteiger partial charge in [-0.3, -0.25) is 0 Å². The lowest BCUT2D eigenvalue weighted by atomic mass is 10.3. The van der Waals surface area contributed by atoms with Crippen molar-refractivity contribution in [2.24, 2.45) is 0 Å². The highest BCUT2D eigenvalue weighted by Crippen LogP contribution is 2.30. The molecule has 0 spiro atoms. The van der Waals surface area contributed by atoms with Gasteiger partial charge < -0.3 is 20.6 Å². The van der Waals surface area contributed by atoms with E-state index >= 15 is 0 Å². The van der Waals surface area contributed by atoms with Crippen molar-refractivity contribution in [2.75, 3.05) is 5.32 Å². The number of benzene rings is 1. The molecular weight excluding hydrogens is 300 g/mol. The summed E-state index contributed by atoms with van der Waals surface area (Å²) < 4.78 is 9.40. The van der Waals surface area contributed by atoms with Gasteiger partial charge in [0.2, 0.25) is 11.8 Å². The molecule has 2 heterocycles. The van der Waals surface area contributed by atoms with Gasteiger partial charge >= 0.3 is 0 Å². The summed E-state index contributed by atoms with van der Waals surface area (Å²) in [6.07, 6.45) is 2.67. The number of nitrogens with one attached hydrogen (secondary N) is 2. The predicted octanol–water partition coefficient (Wildman–Crippen LogP) is 3.78. The third-order valence-electron chi connectivity index (χ3n) is 2.81. The van der Waals surface area contributed by atoms with Crippen LogP contribution in [0.3, 0.4) is 0 Å². The Morgan fingerprint density at radius 1 is 1.18 bits per heavy atom. The standard InChI is InChI=1S/C15H12N4O2S/c16-8-12-14(20)19-22-15(12)18-10-6-7-13(17-9-10)21-11-4-2-1-3-5-11/h1-9,16,18H,(H,19,20). The fourth-order valence-electron chi connectivity index (χ4n) is 1.76. The molecule has 0 aliphatic heterocycles. The number of ether oxygens (including phenoxy) is 1. The lowest BCUT2D eigenvalue weighted by Crippen LogP contribution is -1.93. The Balaban J connectivity index is 1.73. The first-order valence-corrected chi connectivity index (χ1v) is 7.18. The molecule has 7 heteroatoms. The van der Waals surface area contributed by atoms with Crippen molar-refractivity contribution in [1.82, 2.24) is 9.36 Å². The van der Waals surface area contributed by atoms with Crippen LogP contribution in [-0.4, -0.2) is 20.7 Å². The van der Waals surface area contributed by atoms with Crippen LogP contribution in [0.1, 0.15) is 5.56 Å². The molecule has 3 rings (SSSR count). The van der Waals surface area contributed by atoms with Gasteiger partial charge in [-0.2, -0.15) is 4.37 Å². The van der Waals surface area contributed by atoms with E-state index in [1.54, 1.807) is 18.3 Å². The molecule has 0 radical (unpaired) electrons. The molecule has 0 atom stereocenters. The van der Waals surface area contributed by atoms with Crippen molar-refractivity contribution in [3.63, 3.8) is 0 Å². The number of hydrogen-bond donors (Lipinski definition) is 3. The highest BCUT2D eigenvalue weighted by molar-refractivity contribution is 7.10. The second-order valence-electron chi connectivity index (χ2n) is 4.32. The van der Waals surface area contributed by atoms with E-state index in [1.165, 1.54) is 0 Å². The molecule has 0 unspecified atom stereocenters. The number of nitrogens with zero attached hydrogens (tertiary/aromatic N) is 2. The molecule has 110 valence electrons. The molecular formula is C15H12N4O2S. The van der Waals surface area contributed by atoms with Crippen molar-refractivity contribution in [1.29, 1.82) is 5.41 Å². The van der Waals surface area contributed by atoms with Gasteiger partial charge in [0.05, 0.1) is 17.4 Å². The molecule has 3 aromatic rings. The first-order chi connectivity index (χ1) is 10.8. The van der Waals surface area contributed by atoms with Gasteiger partial charge in [0.25, 0.3) is 0 Å². The summed E-state index contributed by atoms with van der Waals surface area (Å²) in [4.78, 5) is 4.21. The zero-order chi connectivity index (χ0) is 15.4. The van der Waals surface area contributed by atoms with Gasteiger partial charge in [-0.1, -0.05) is 18.2 Å². The Bertz CT molecular complexity index is 772. The Labute approximate surface area is 130 Å². The molecule has 0 amide bonds. The minimum atomic E-state index is -0.153.